The molecule has 6 nitrogen and oxygen atoms in total. The molecule has 0 radical (unpaired) electrons. The Balaban J connectivity index is 1.35. The minimum absolute atomic E-state index is 0.0537. The van der Waals surface area contributed by atoms with E-state index in [-0.39, 0.29) is 19.1 Å². The largest absolute Gasteiger partial charge is 0.496 e. The lowest BCUT2D eigenvalue weighted by atomic mass is 9.98. The first-order chi connectivity index (χ1) is 15.5. The third kappa shape index (κ3) is 4.43. The van der Waals surface area contributed by atoms with E-state index in [4.69, 9.17) is 21.1 Å². The first kappa shape index (κ1) is 22.1. The molecule has 1 aliphatic carbocycles. The fraction of sp³-hybridized carbons (Fsp3) is 0.240. The fourth-order valence-electron chi connectivity index (χ4n) is 4.09. The molecular formula is C25H24ClNO5. The molecule has 7 heteroatoms. The van der Waals surface area contributed by atoms with Crippen molar-refractivity contribution in [1.29, 1.82) is 0 Å². The first-order valence-electron chi connectivity index (χ1n) is 10.3. The highest BCUT2D eigenvalue weighted by atomic mass is 35.5. The molecule has 3 aromatic carbocycles. The zero-order chi connectivity index (χ0) is 22.7. The number of benzene rings is 3. The minimum atomic E-state index is -1.27. The average Bonchev–Trinajstić information content (AvgIpc) is 3.14. The summed E-state index contributed by atoms with van der Waals surface area (Å²) in [6.45, 7) is -0.0207. The molecule has 0 spiro atoms. The number of rotatable bonds is 7. The van der Waals surface area contributed by atoms with Crippen molar-refractivity contribution in [1.82, 2.24) is 5.32 Å². The summed E-state index contributed by atoms with van der Waals surface area (Å²) in [6.07, 6.45) is -3.19. The maximum Gasteiger partial charge on any atom is 0.407 e. The molecule has 0 saturated heterocycles. The Hall–Kier alpha value is -3.06. The van der Waals surface area contributed by atoms with Gasteiger partial charge in [-0.1, -0.05) is 66.2 Å². The van der Waals surface area contributed by atoms with Gasteiger partial charge in [0.2, 0.25) is 0 Å². The van der Waals surface area contributed by atoms with Crippen LogP contribution in [0.2, 0.25) is 5.02 Å². The SMILES string of the molecule is COc1cc(Cl)ccc1C(O)C(O)CNC(=O)OCC1c2ccccc2-c2ccccc21. The maximum absolute atomic E-state index is 12.3. The van der Waals surface area contributed by atoms with E-state index < -0.39 is 18.3 Å². The highest BCUT2D eigenvalue weighted by Gasteiger charge is 2.29. The number of alkyl carbamates (subject to hydrolysis) is 1. The van der Waals surface area contributed by atoms with E-state index in [1.165, 1.54) is 7.11 Å². The van der Waals surface area contributed by atoms with Gasteiger partial charge in [0.15, 0.2) is 0 Å². The third-order valence-electron chi connectivity index (χ3n) is 5.68. The Morgan fingerprint density at radius 2 is 1.66 bits per heavy atom. The number of fused-ring (bicyclic) bond motifs is 3. The standard InChI is InChI=1S/C25H24ClNO5/c1-31-23-12-15(26)10-11-20(23)24(29)22(28)13-27-25(30)32-14-21-18-8-4-2-6-16(18)17-7-3-5-9-19(17)21/h2-12,21-22,24,28-29H,13-14H2,1H3,(H,27,30). The number of carbonyl (C=O) groups excluding carboxylic acids is 1. The van der Waals surface area contributed by atoms with E-state index in [2.05, 4.69) is 17.4 Å². The molecule has 1 aliphatic rings. The summed E-state index contributed by atoms with van der Waals surface area (Å²) < 4.78 is 10.7. The minimum Gasteiger partial charge on any atom is -0.496 e. The summed E-state index contributed by atoms with van der Waals surface area (Å²) >= 11 is 5.94. The number of carbonyl (C=O) groups is 1. The molecule has 166 valence electrons. The summed E-state index contributed by atoms with van der Waals surface area (Å²) in [6, 6.07) is 20.9. The van der Waals surface area contributed by atoms with Gasteiger partial charge in [-0.15, -0.1) is 0 Å². The molecule has 0 aromatic heterocycles. The smallest absolute Gasteiger partial charge is 0.407 e. The van der Waals surface area contributed by atoms with Crippen LogP contribution in [-0.2, 0) is 4.74 Å². The summed E-state index contributed by atoms with van der Waals surface area (Å²) in [4.78, 5) is 12.3. The van der Waals surface area contributed by atoms with Crippen molar-refractivity contribution in [2.24, 2.45) is 0 Å². The van der Waals surface area contributed by atoms with E-state index >= 15 is 0 Å². The van der Waals surface area contributed by atoms with Gasteiger partial charge in [-0.3, -0.25) is 0 Å². The van der Waals surface area contributed by atoms with Crippen molar-refractivity contribution < 1.29 is 24.5 Å². The van der Waals surface area contributed by atoms with Gasteiger partial charge in [-0.05, 0) is 34.4 Å². The van der Waals surface area contributed by atoms with Crippen LogP contribution in [-0.4, -0.2) is 42.7 Å². The summed E-state index contributed by atoms with van der Waals surface area (Å²) in [5.41, 5.74) is 4.90. The molecule has 0 bridgehead atoms. The van der Waals surface area contributed by atoms with Gasteiger partial charge in [-0.2, -0.15) is 0 Å². The van der Waals surface area contributed by atoms with Crippen LogP contribution in [0.4, 0.5) is 4.79 Å². The van der Waals surface area contributed by atoms with Crippen molar-refractivity contribution in [3.05, 3.63) is 88.4 Å². The number of aliphatic hydroxyl groups excluding tert-OH is 2. The average molecular weight is 454 g/mol. The Morgan fingerprint density at radius 3 is 2.28 bits per heavy atom. The summed E-state index contributed by atoms with van der Waals surface area (Å²) in [7, 11) is 1.45. The predicted octanol–water partition coefficient (Wildman–Crippen LogP) is 4.28. The normalized spacial score (nSPS) is 14.2. The van der Waals surface area contributed by atoms with Crippen LogP contribution in [0.5, 0.6) is 5.75 Å². The number of halogens is 1. The lowest BCUT2D eigenvalue weighted by molar-refractivity contribution is 0.0172. The van der Waals surface area contributed by atoms with E-state index in [1.807, 2.05) is 36.4 Å². The number of hydrogen-bond acceptors (Lipinski definition) is 5. The quantitative estimate of drug-likeness (QED) is 0.497. The van der Waals surface area contributed by atoms with Gasteiger partial charge in [0.1, 0.15) is 24.6 Å². The Morgan fingerprint density at radius 1 is 1.03 bits per heavy atom. The van der Waals surface area contributed by atoms with E-state index in [1.54, 1.807) is 18.2 Å². The van der Waals surface area contributed by atoms with Gasteiger partial charge >= 0.3 is 6.09 Å². The number of nitrogens with one attached hydrogen (secondary N) is 1. The molecule has 0 saturated carbocycles. The molecule has 1 amide bonds. The number of amides is 1. The van der Waals surface area contributed by atoms with Crippen molar-refractivity contribution in [2.45, 2.75) is 18.1 Å². The van der Waals surface area contributed by atoms with E-state index in [9.17, 15) is 15.0 Å². The zero-order valence-electron chi connectivity index (χ0n) is 17.5. The van der Waals surface area contributed by atoms with E-state index in [0.29, 0.717) is 16.3 Å². The van der Waals surface area contributed by atoms with Crippen LogP contribution < -0.4 is 10.1 Å². The van der Waals surface area contributed by atoms with Crippen molar-refractivity contribution in [3.8, 4) is 16.9 Å². The van der Waals surface area contributed by atoms with E-state index in [0.717, 1.165) is 22.3 Å². The Bertz CT molecular complexity index is 1070. The predicted molar refractivity (Wildman–Crippen MR) is 122 cm³/mol. The van der Waals surface area contributed by atoms with Crippen LogP contribution >= 0.6 is 11.6 Å². The van der Waals surface area contributed by atoms with Gasteiger partial charge in [0, 0.05) is 23.0 Å². The molecule has 0 fully saturated rings. The topological polar surface area (TPSA) is 88.0 Å². The molecule has 3 aromatic rings. The van der Waals surface area contributed by atoms with Gasteiger partial charge < -0.3 is 25.0 Å². The third-order valence-corrected chi connectivity index (χ3v) is 5.91. The number of methoxy groups -OCH3 is 1. The number of hydrogen-bond donors (Lipinski definition) is 3. The molecule has 0 aliphatic heterocycles. The summed E-state index contributed by atoms with van der Waals surface area (Å²) in [5.74, 6) is 0.298. The molecule has 32 heavy (non-hydrogen) atoms. The maximum atomic E-state index is 12.3. The second-order valence-corrected chi connectivity index (χ2v) is 8.04. The summed E-state index contributed by atoms with van der Waals surface area (Å²) in [5, 5.41) is 23.8. The van der Waals surface area contributed by atoms with Gasteiger partial charge in [0.25, 0.3) is 0 Å². The molecule has 2 atom stereocenters. The monoisotopic (exact) mass is 453 g/mol. The Kier molecular flexibility index (Phi) is 6.65. The van der Waals surface area contributed by atoms with Crippen molar-refractivity contribution in [2.75, 3.05) is 20.3 Å². The second kappa shape index (κ2) is 9.61. The zero-order valence-corrected chi connectivity index (χ0v) is 18.3. The molecular weight excluding hydrogens is 430 g/mol. The molecule has 4 rings (SSSR count). The molecule has 3 N–H and O–H groups in total. The van der Waals surface area contributed by atoms with Gasteiger partial charge in [-0.25, -0.2) is 4.79 Å². The van der Waals surface area contributed by atoms with Crippen LogP contribution in [0.3, 0.4) is 0 Å². The van der Waals surface area contributed by atoms with Crippen molar-refractivity contribution >= 4 is 17.7 Å². The molecule has 0 heterocycles. The molecule has 2 unspecified atom stereocenters. The highest BCUT2D eigenvalue weighted by molar-refractivity contribution is 6.30. The lowest BCUT2D eigenvalue weighted by Crippen LogP contribution is -2.36. The van der Waals surface area contributed by atoms with Gasteiger partial charge in [0.05, 0.1) is 7.11 Å². The highest BCUT2D eigenvalue weighted by Crippen LogP contribution is 2.44. The number of aliphatic hydroxyl groups is 2. The Labute approximate surface area is 191 Å². The van der Waals surface area contributed by atoms with Crippen LogP contribution in [0.25, 0.3) is 11.1 Å². The number of ether oxygens (including phenoxy) is 2. The van der Waals surface area contributed by atoms with Crippen molar-refractivity contribution in [3.63, 3.8) is 0 Å². The second-order valence-electron chi connectivity index (χ2n) is 7.60. The fourth-order valence-corrected chi connectivity index (χ4v) is 4.25. The first-order valence-corrected chi connectivity index (χ1v) is 10.7. The van der Waals surface area contributed by atoms with Crippen LogP contribution in [0.15, 0.2) is 66.7 Å². The van der Waals surface area contributed by atoms with Crippen LogP contribution in [0, 0.1) is 0 Å². The lowest BCUT2D eigenvalue weighted by Gasteiger charge is -2.21. The van der Waals surface area contributed by atoms with Crippen LogP contribution in [0.1, 0.15) is 28.7 Å².